The molecule has 2 aromatic rings. The summed E-state index contributed by atoms with van der Waals surface area (Å²) in [5.41, 5.74) is 0.349. The van der Waals surface area contributed by atoms with Crippen LogP contribution < -0.4 is 14.2 Å². The smallest absolute Gasteiger partial charge is 0.310 e. The third kappa shape index (κ3) is 4.35. The van der Waals surface area contributed by atoms with E-state index in [0.717, 1.165) is 0 Å². The molecule has 0 radical (unpaired) electrons. The quantitative estimate of drug-likeness (QED) is 0.726. The SMILES string of the molecule is COc1ccc(OCC(F)(F)C(OC)c2ccc(OC)cc2)cc1. The van der Waals surface area contributed by atoms with Crippen LogP contribution in [0.15, 0.2) is 48.5 Å². The largest absolute Gasteiger partial charge is 0.497 e. The highest BCUT2D eigenvalue weighted by atomic mass is 19.3. The summed E-state index contributed by atoms with van der Waals surface area (Å²) in [5.74, 6) is -1.66. The van der Waals surface area contributed by atoms with Gasteiger partial charge in [-0.25, -0.2) is 0 Å². The van der Waals surface area contributed by atoms with Crippen LogP contribution in [0.4, 0.5) is 8.78 Å². The Morgan fingerprint density at radius 1 is 0.792 bits per heavy atom. The Morgan fingerprint density at radius 3 is 1.71 bits per heavy atom. The van der Waals surface area contributed by atoms with Crippen LogP contribution in [-0.2, 0) is 4.74 Å². The lowest BCUT2D eigenvalue weighted by Crippen LogP contribution is -2.34. The highest BCUT2D eigenvalue weighted by Crippen LogP contribution is 2.35. The van der Waals surface area contributed by atoms with Gasteiger partial charge in [-0.05, 0) is 42.0 Å². The van der Waals surface area contributed by atoms with Crippen molar-refractivity contribution in [1.82, 2.24) is 0 Å². The van der Waals surface area contributed by atoms with Gasteiger partial charge in [0.1, 0.15) is 23.4 Å². The number of ether oxygens (including phenoxy) is 4. The van der Waals surface area contributed by atoms with Crippen molar-refractivity contribution in [3.8, 4) is 17.2 Å². The van der Waals surface area contributed by atoms with Crippen molar-refractivity contribution in [3.05, 3.63) is 54.1 Å². The molecule has 4 nitrogen and oxygen atoms in total. The summed E-state index contributed by atoms with van der Waals surface area (Å²) < 4.78 is 49.2. The van der Waals surface area contributed by atoms with Gasteiger partial charge in [0, 0.05) is 7.11 Å². The zero-order valence-corrected chi connectivity index (χ0v) is 13.8. The third-order valence-electron chi connectivity index (χ3n) is 3.53. The molecule has 0 aliphatic heterocycles. The Balaban J connectivity index is 2.07. The molecule has 0 bridgehead atoms. The molecule has 2 aromatic carbocycles. The van der Waals surface area contributed by atoms with E-state index in [-0.39, 0.29) is 0 Å². The van der Waals surface area contributed by atoms with Crippen molar-refractivity contribution >= 4 is 0 Å². The van der Waals surface area contributed by atoms with Crippen LogP contribution in [0.25, 0.3) is 0 Å². The van der Waals surface area contributed by atoms with Gasteiger partial charge in [-0.2, -0.15) is 8.78 Å². The molecular weight excluding hydrogens is 318 g/mol. The minimum Gasteiger partial charge on any atom is -0.497 e. The zero-order valence-electron chi connectivity index (χ0n) is 13.8. The zero-order chi connectivity index (χ0) is 17.6. The van der Waals surface area contributed by atoms with Crippen molar-refractivity contribution in [2.45, 2.75) is 12.0 Å². The first-order valence-corrected chi connectivity index (χ1v) is 7.31. The maximum absolute atomic E-state index is 14.5. The van der Waals surface area contributed by atoms with Crippen LogP contribution >= 0.6 is 0 Å². The summed E-state index contributed by atoms with van der Waals surface area (Å²) in [6.45, 7) is -0.802. The molecule has 0 aliphatic carbocycles. The fourth-order valence-corrected chi connectivity index (χ4v) is 2.26. The fraction of sp³-hybridized carbons (Fsp3) is 0.333. The molecule has 2 rings (SSSR count). The number of rotatable bonds is 8. The van der Waals surface area contributed by atoms with Gasteiger partial charge in [0.15, 0.2) is 6.61 Å². The molecule has 0 heterocycles. The van der Waals surface area contributed by atoms with E-state index in [4.69, 9.17) is 18.9 Å². The van der Waals surface area contributed by atoms with Gasteiger partial charge in [-0.3, -0.25) is 0 Å². The average Bonchev–Trinajstić information content (AvgIpc) is 2.61. The number of alkyl halides is 2. The van der Waals surface area contributed by atoms with E-state index in [2.05, 4.69) is 0 Å². The first-order chi connectivity index (χ1) is 11.5. The Bertz CT molecular complexity index is 626. The molecule has 1 unspecified atom stereocenters. The molecule has 0 spiro atoms. The molecule has 130 valence electrons. The lowest BCUT2D eigenvalue weighted by atomic mass is 10.0. The maximum atomic E-state index is 14.5. The Hall–Kier alpha value is -2.34. The van der Waals surface area contributed by atoms with Gasteiger partial charge in [0.2, 0.25) is 0 Å². The summed E-state index contributed by atoms with van der Waals surface area (Å²) in [6.07, 6.45) is -1.42. The summed E-state index contributed by atoms with van der Waals surface area (Å²) in [6, 6.07) is 12.8. The molecule has 6 heteroatoms. The second-order valence-corrected chi connectivity index (χ2v) is 5.11. The van der Waals surface area contributed by atoms with Crippen LogP contribution in [0, 0.1) is 0 Å². The second-order valence-electron chi connectivity index (χ2n) is 5.11. The molecule has 24 heavy (non-hydrogen) atoms. The van der Waals surface area contributed by atoms with Crippen molar-refractivity contribution in [3.63, 3.8) is 0 Å². The first kappa shape index (κ1) is 18.0. The normalized spacial score (nSPS) is 12.5. The summed E-state index contributed by atoms with van der Waals surface area (Å²) >= 11 is 0. The second kappa shape index (κ2) is 7.97. The summed E-state index contributed by atoms with van der Waals surface area (Å²) in [4.78, 5) is 0. The Labute approximate surface area is 139 Å². The molecule has 0 aliphatic rings. The minimum atomic E-state index is -3.21. The predicted octanol–water partition coefficient (Wildman–Crippen LogP) is 4.11. The lowest BCUT2D eigenvalue weighted by molar-refractivity contribution is -0.146. The molecule has 0 saturated carbocycles. The lowest BCUT2D eigenvalue weighted by Gasteiger charge is -2.26. The molecule has 0 amide bonds. The van der Waals surface area contributed by atoms with Gasteiger partial charge in [-0.15, -0.1) is 0 Å². The van der Waals surface area contributed by atoms with Gasteiger partial charge in [-0.1, -0.05) is 12.1 Å². The van der Waals surface area contributed by atoms with Crippen LogP contribution in [0.2, 0.25) is 0 Å². The van der Waals surface area contributed by atoms with E-state index in [0.29, 0.717) is 22.8 Å². The van der Waals surface area contributed by atoms with Crippen molar-refractivity contribution in [2.75, 3.05) is 27.9 Å². The van der Waals surface area contributed by atoms with Crippen molar-refractivity contribution in [2.24, 2.45) is 0 Å². The topological polar surface area (TPSA) is 36.9 Å². The standard InChI is InChI=1S/C18H20F2O4/c1-21-14-6-4-13(5-7-14)17(23-3)18(19,20)12-24-16-10-8-15(22-2)9-11-16/h4-11,17H,12H2,1-3H3. The predicted molar refractivity (Wildman–Crippen MR) is 86.2 cm³/mol. The monoisotopic (exact) mass is 338 g/mol. The molecular formula is C18H20F2O4. The maximum Gasteiger partial charge on any atom is 0.310 e. The fourth-order valence-electron chi connectivity index (χ4n) is 2.26. The number of benzene rings is 2. The highest BCUT2D eigenvalue weighted by molar-refractivity contribution is 5.32. The Morgan fingerprint density at radius 2 is 1.25 bits per heavy atom. The number of hydrogen-bond donors (Lipinski definition) is 0. The number of halogens is 2. The van der Waals surface area contributed by atoms with Gasteiger partial charge >= 0.3 is 5.92 Å². The summed E-state index contributed by atoms with van der Waals surface area (Å²) in [7, 11) is 4.29. The van der Waals surface area contributed by atoms with E-state index in [9.17, 15) is 8.78 Å². The van der Waals surface area contributed by atoms with Crippen molar-refractivity contribution in [1.29, 1.82) is 0 Å². The molecule has 0 fully saturated rings. The third-order valence-corrected chi connectivity index (χ3v) is 3.53. The van der Waals surface area contributed by atoms with Crippen LogP contribution in [0.5, 0.6) is 17.2 Å². The van der Waals surface area contributed by atoms with Crippen LogP contribution in [-0.4, -0.2) is 33.9 Å². The van der Waals surface area contributed by atoms with Crippen LogP contribution in [0.1, 0.15) is 11.7 Å². The van der Waals surface area contributed by atoms with E-state index in [1.165, 1.54) is 21.3 Å². The molecule has 1 atom stereocenters. The number of hydrogen-bond acceptors (Lipinski definition) is 4. The molecule has 0 aromatic heterocycles. The van der Waals surface area contributed by atoms with E-state index in [1.807, 2.05) is 0 Å². The van der Waals surface area contributed by atoms with E-state index < -0.39 is 18.6 Å². The van der Waals surface area contributed by atoms with E-state index >= 15 is 0 Å². The molecule has 0 N–H and O–H groups in total. The molecule has 0 saturated heterocycles. The van der Waals surface area contributed by atoms with Gasteiger partial charge < -0.3 is 18.9 Å². The van der Waals surface area contributed by atoms with Crippen molar-refractivity contribution < 1.29 is 27.7 Å². The van der Waals surface area contributed by atoms with E-state index in [1.54, 1.807) is 48.5 Å². The van der Waals surface area contributed by atoms with Crippen LogP contribution in [0.3, 0.4) is 0 Å². The average molecular weight is 338 g/mol. The highest BCUT2D eigenvalue weighted by Gasteiger charge is 2.42. The number of methoxy groups -OCH3 is 3. The van der Waals surface area contributed by atoms with Gasteiger partial charge in [0.05, 0.1) is 14.2 Å². The Kier molecular flexibility index (Phi) is 5.98. The first-order valence-electron chi connectivity index (χ1n) is 7.31. The minimum absolute atomic E-state index is 0.333. The summed E-state index contributed by atoms with van der Waals surface area (Å²) in [5, 5.41) is 0. The van der Waals surface area contributed by atoms with Gasteiger partial charge in [0.25, 0.3) is 0 Å².